The Morgan fingerprint density at radius 3 is 1.93 bits per heavy atom. The molecule has 1 atom stereocenters. The van der Waals surface area contributed by atoms with Gasteiger partial charge < -0.3 is 10.1 Å². The van der Waals surface area contributed by atoms with Crippen molar-refractivity contribution in [1.82, 2.24) is 5.32 Å². The fourth-order valence-corrected chi connectivity index (χ4v) is 3.51. The molecule has 0 saturated heterocycles. The highest BCUT2D eigenvalue weighted by molar-refractivity contribution is 9.09. The fourth-order valence-electron chi connectivity index (χ4n) is 2.82. The fraction of sp³-hybridized carbons (Fsp3) is 0.130. The van der Waals surface area contributed by atoms with E-state index in [0.717, 1.165) is 5.56 Å². The van der Waals surface area contributed by atoms with Crippen molar-refractivity contribution in [3.05, 3.63) is 108 Å². The number of rotatable bonds is 7. The van der Waals surface area contributed by atoms with Crippen molar-refractivity contribution < 1.29 is 14.3 Å². The lowest BCUT2D eigenvalue weighted by molar-refractivity contribution is -0.139. The summed E-state index contributed by atoms with van der Waals surface area (Å²) in [6, 6.07) is 27.3. The topological polar surface area (TPSA) is 55.4 Å². The molecule has 1 amide bonds. The van der Waals surface area contributed by atoms with Crippen LogP contribution in [0.2, 0.25) is 0 Å². The predicted octanol–water partition coefficient (Wildman–Crippen LogP) is 4.45. The Balaban J connectivity index is 1.89. The zero-order valence-electron chi connectivity index (χ0n) is 15.2. The number of benzene rings is 3. The second-order valence-electron chi connectivity index (χ2n) is 6.25. The average Bonchev–Trinajstić information content (AvgIpc) is 2.77. The molecule has 5 heteroatoms. The van der Waals surface area contributed by atoms with Gasteiger partial charge in [-0.1, -0.05) is 94.8 Å². The summed E-state index contributed by atoms with van der Waals surface area (Å²) in [5.41, 5.74) is 0.464. The third-order valence-corrected chi connectivity index (χ3v) is 5.16. The van der Waals surface area contributed by atoms with E-state index < -0.39 is 11.6 Å². The first kappa shape index (κ1) is 19.8. The van der Waals surface area contributed by atoms with Crippen LogP contribution in [-0.4, -0.2) is 17.2 Å². The summed E-state index contributed by atoms with van der Waals surface area (Å²) in [7, 11) is 0. The summed E-state index contributed by atoms with van der Waals surface area (Å²) in [6.07, 6.45) is 0. The molecular formula is C23H20BrNO3. The molecule has 28 heavy (non-hydrogen) atoms. The minimum Gasteiger partial charge on any atom is -0.439 e. The zero-order chi connectivity index (χ0) is 19.8. The Hall–Kier alpha value is -2.92. The van der Waals surface area contributed by atoms with E-state index in [2.05, 4.69) is 21.2 Å². The van der Waals surface area contributed by atoms with Gasteiger partial charge in [-0.15, -0.1) is 0 Å². The van der Waals surface area contributed by atoms with Crippen LogP contribution in [-0.2, 0) is 21.7 Å². The summed E-state index contributed by atoms with van der Waals surface area (Å²) < 4.78 is 5.81. The van der Waals surface area contributed by atoms with Crippen LogP contribution in [0.5, 0.6) is 0 Å². The Labute approximate surface area is 172 Å². The first-order valence-corrected chi connectivity index (χ1v) is 10.00. The van der Waals surface area contributed by atoms with Gasteiger partial charge in [-0.05, 0) is 17.7 Å². The SMILES string of the molecule is O=C(O[C@](CBr)(C(=O)NCc1ccccc1)c1ccccc1)c1ccccc1. The lowest BCUT2D eigenvalue weighted by Crippen LogP contribution is -2.49. The first-order valence-electron chi connectivity index (χ1n) is 8.88. The van der Waals surface area contributed by atoms with Gasteiger partial charge >= 0.3 is 5.97 Å². The van der Waals surface area contributed by atoms with Crippen LogP contribution in [0.3, 0.4) is 0 Å². The number of carbonyl (C=O) groups is 2. The highest BCUT2D eigenvalue weighted by Gasteiger charge is 2.43. The van der Waals surface area contributed by atoms with Gasteiger partial charge in [0.2, 0.25) is 5.60 Å². The second kappa shape index (κ2) is 9.33. The third kappa shape index (κ3) is 4.49. The number of carbonyl (C=O) groups excluding carboxylic acids is 2. The van der Waals surface area contributed by atoms with Gasteiger partial charge in [0, 0.05) is 12.1 Å². The van der Waals surface area contributed by atoms with Crippen molar-refractivity contribution in [2.24, 2.45) is 0 Å². The average molecular weight is 438 g/mol. The van der Waals surface area contributed by atoms with Crippen LogP contribution in [0.25, 0.3) is 0 Å². The van der Waals surface area contributed by atoms with Gasteiger partial charge in [0.1, 0.15) is 0 Å². The number of halogens is 1. The van der Waals surface area contributed by atoms with E-state index >= 15 is 0 Å². The predicted molar refractivity (Wildman–Crippen MR) is 112 cm³/mol. The van der Waals surface area contributed by atoms with Crippen LogP contribution in [0.1, 0.15) is 21.5 Å². The van der Waals surface area contributed by atoms with E-state index in [4.69, 9.17) is 4.74 Å². The molecule has 0 radical (unpaired) electrons. The van der Waals surface area contributed by atoms with Crippen LogP contribution in [0, 0.1) is 0 Å². The molecule has 3 aromatic carbocycles. The lowest BCUT2D eigenvalue weighted by atomic mass is 9.94. The van der Waals surface area contributed by atoms with Gasteiger partial charge in [-0.3, -0.25) is 4.79 Å². The maximum absolute atomic E-state index is 13.2. The molecule has 4 nitrogen and oxygen atoms in total. The van der Waals surface area contributed by atoms with Crippen molar-refractivity contribution in [2.75, 3.05) is 5.33 Å². The van der Waals surface area contributed by atoms with Gasteiger partial charge in [0.25, 0.3) is 5.91 Å². The van der Waals surface area contributed by atoms with Crippen molar-refractivity contribution in [1.29, 1.82) is 0 Å². The van der Waals surface area contributed by atoms with E-state index in [-0.39, 0.29) is 11.2 Å². The van der Waals surface area contributed by atoms with Gasteiger partial charge in [-0.2, -0.15) is 0 Å². The zero-order valence-corrected chi connectivity index (χ0v) is 16.8. The van der Waals surface area contributed by atoms with E-state index in [1.807, 2.05) is 54.6 Å². The molecule has 0 aliphatic rings. The van der Waals surface area contributed by atoms with Crippen molar-refractivity contribution in [2.45, 2.75) is 12.1 Å². The smallest absolute Gasteiger partial charge is 0.339 e. The van der Waals surface area contributed by atoms with Crippen LogP contribution < -0.4 is 5.32 Å². The molecule has 142 valence electrons. The highest BCUT2D eigenvalue weighted by atomic mass is 79.9. The number of nitrogens with one attached hydrogen (secondary N) is 1. The van der Waals surface area contributed by atoms with E-state index in [1.165, 1.54) is 0 Å². The number of ether oxygens (including phenoxy) is 1. The van der Waals surface area contributed by atoms with Gasteiger partial charge in [0.15, 0.2) is 0 Å². The molecule has 3 rings (SSSR count). The highest BCUT2D eigenvalue weighted by Crippen LogP contribution is 2.30. The molecule has 3 aromatic rings. The lowest BCUT2D eigenvalue weighted by Gasteiger charge is -2.31. The summed E-state index contributed by atoms with van der Waals surface area (Å²) in [6.45, 7) is 0.337. The largest absolute Gasteiger partial charge is 0.439 e. The molecule has 0 unspecified atom stereocenters. The number of hydrogen-bond acceptors (Lipinski definition) is 3. The van der Waals surface area contributed by atoms with Gasteiger partial charge in [0.05, 0.1) is 10.9 Å². The van der Waals surface area contributed by atoms with Crippen molar-refractivity contribution in [3.63, 3.8) is 0 Å². The Morgan fingerprint density at radius 2 is 1.36 bits per heavy atom. The van der Waals surface area contributed by atoms with Crippen LogP contribution in [0.4, 0.5) is 0 Å². The number of alkyl halides is 1. The number of hydrogen-bond donors (Lipinski definition) is 1. The monoisotopic (exact) mass is 437 g/mol. The van der Waals surface area contributed by atoms with E-state index in [0.29, 0.717) is 17.7 Å². The van der Waals surface area contributed by atoms with Crippen LogP contribution in [0.15, 0.2) is 91.0 Å². The number of esters is 1. The molecule has 0 aliphatic heterocycles. The quantitative estimate of drug-likeness (QED) is 0.438. The standard InChI is InChI=1S/C23H20BrNO3/c24-17-23(20-14-8-3-9-15-20,28-21(26)19-12-6-2-7-13-19)22(27)25-16-18-10-4-1-5-11-18/h1-15H,16-17H2,(H,25,27)/t23-/m0/s1. The molecule has 0 fully saturated rings. The second-order valence-corrected chi connectivity index (χ2v) is 6.81. The summed E-state index contributed by atoms with van der Waals surface area (Å²) in [5, 5.41) is 3.03. The van der Waals surface area contributed by atoms with E-state index in [1.54, 1.807) is 36.4 Å². The minimum atomic E-state index is -1.48. The van der Waals surface area contributed by atoms with E-state index in [9.17, 15) is 9.59 Å². The Bertz CT molecular complexity index is 916. The maximum atomic E-state index is 13.2. The normalized spacial score (nSPS) is 12.6. The Morgan fingerprint density at radius 1 is 0.821 bits per heavy atom. The number of amides is 1. The molecule has 0 aliphatic carbocycles. The van der Waals surface area contributed by atoms with Crippen molar-refractivity contribution in [3.8, 4) is 0 Å². The maximum Gasteiger partial charge on any atom is 0.339 e. The Kier molecular flexibility index (Phi) is 6.61. The first-order chi connectivity index (χ1) is 13.7. The molecule has 0 heterocycles. The summed E-state index contributed by atoms with van der Waals surface area (Å²) in [5.74, 6) is -0.942. The minimum absolute atomic E-state index is 0.128. The molecule has 0 spiro atoms. The molecule has 0 bridgehead atoms. The van der Waals surface area contributed by atoms with Crippen LogP contribution >= 0.6 is 15.9 Å². The molecular weight excluding hydrogens is 418 g/mol. The molecule has 0 aromatic heterocycles. The third-order valence-electron chi connectivity index (χ3n) is 4.37. The molecule has 0 saturated carbocycles. The summed E-state index contributed by atoms with van der Waals surface area (Å²) in [4.78, 5) is 26.0. The van der Waals surface area contributed by atoms with Crippen molar-refractivity contribution >= 4 is 27.8 Å². The van der Waals surface area contributed by atoms with Gasteiger partial charge in [-0.25, -0.2) is 4.79 Å². The summed E-state index contributed by atoms with van der Waals surface area (Å²) >= 11 is 3.40. The molecule has 1 N–H and O–H groups in total.